The molecule has 0 aliphatic carbocycles. The first kappa shape index (κ1) is 14.6. The summed E-state index contributed by atoms with van der Waals surface area (Å²) >= 11 is 3.39. The Morgan fingerprint density at radius 2 is 2.05 bits per heavy atom. The molecule has 1 aliphatic heterocycles. The molecule has 2 rings (SSSR count). The molecule has 5 heteroatoms. The molecule has 2 heterocycles. The van der Waals surface area contributed by atoms with Gasteiger partial charge in [-0.2, -0.15) is 0 Å². The van der Waals surface area contributed by atoms with Crippen LogP contribution in [0.5, 0.6) is 0 Å². The third kappa shape index (κ3) is 3.60. The zero-order chi connectivity index (χ0) is 14.0. The average molecular weight is 328 g/mol. The van der Waals surface area contributed by atoms with Crippen molar-refractivity contribution >= 4 is 21.8 Å². The summed E-state index contributed by atoms with van der Waals surface area (Å²) in [4.78, 5) is 14.5. The van der Waals surface area contributed by atoms with Crippen molar-refractivity contribution in [2.45, 2.75) is 19.8 Å². The summed E-state index contributed by atoms with van der Waals surface area (Å²) in [6.45, 7) is 5.24. The Hall–Kier alpha value is -0.810. The highest BCUT2D eigenvalue weighted by Crippen LogP contribution is 2.29. The molecule has 0 bridgehead atoms. The number of rotatable bonds is 3. The first-order valence-electron chi connectivity index (χ1n) is 6.68. The molecule has 1 amide bonds. The van der Waals surface area contributed by atoms with Gasteiger partial charge in [-0.1, -0.05) is 6.92 Å². The summed E-state index contributed by atoms with van der Waals surface area (Å²) in [6, 6.07) is 1.85. The number of hydrogen-bond donors (Lipinski definition) is 1. The highest BCUT2D eigenvalue weighted by Gasteiger charge is 2.29. The first-order chi connectivity index (χ1) is 8.89. The van der Waals surface area contributed by atoms with Gasteiger partial charge in [0.05, 0.1) is 0 Å². The minimum absolute atomic E-state index is 0.00773. The van der Waals surface area contributed by atoms with E-state index in [9.17, 15) is 4.79 Å². The second kappa shape index (κ2) is 5.67. The predicted molar refractivity (Wildman–Crippen MR) is 80.3 cm³/mol. The molecule has 1 aromatic rings. The molecule has 19 heavy (non-hydrogen) atoms. The lowest BCUT2D eigenvalue weighted by Gasteiger charge is -2.37. The number of piperidine rings is 1. The van der Waals surface area contributed by atoms with Gasteiger partial charge in [-0.25, -0.2) is 0 Å². The van der Waals surface area contributed by atoms with E-state index < -0.39 is 0 Å². The van der Waals surface area contributed by atoms with Crippen LogP contribution in [0.4, 0.5) is 0 Å². The minimum atomic E-state index is 0.00773. The Balaban J connectivity index is 1.92. The molecule has 0 radical (unpaired) electrons. The molecule has 1 saturated heterocycles. The highest BCUT2D eigenvalue weighted by atomic mass is 79.9. The number of aryl methyl sites for hydroxylation is 1. The number of nitrogens with zero attached hydrogens (tertiary/aromatic N) is 2. The predicted octanol–water partition coefficient (Wildman–Crippen LogP) is 2.25. The van der Waals surface area contributed by atoms with Crippen LogP contribution in [-0.2, 0) is 7.05 Å². The molecule has 1 N–H and O–H groups in total. The highest BCUT2D eigenvalue weighted by molar-refractivity contribution is 9.10. The van der Waals surface area contributed by atoms with Gasteiger partial charge < -0.3 is 14.8 Å². The van der Waals surface area contributed by atoms with Crippen molar-refractivity contribution in [3.63, 3.8) is 0 Å². The van der Waals surface area contributed by atoms with E-state index in [0.29, 0.717) is 5.69 Å². The van der Waals surface area contributed by atoms with Gasteiger partial charge in [0.25, 0.3) is 5.91 Å². The van der Waals surface area contributed by atoms with E-state index in [1.165, 1.54) is 0 Å². The van der Waals surface area contributed by atoms with Crippen molar-refractivity contribution < 1.29 is 4.79 Å². The second-order valence-electron chi connectivity index (χ2n) is 5.95. The summed E-state index contributed by atoms with van der Waals surface area (Å²) < 4.78 is 2.78. The van der Waals surface area contributed by atoms with Crippen LogP contribution in [0.1, 0.15) is 30.3 Å². The summed E-state index contributed by atoms with van der Waals surface area (Å²) in [6.07, 6.45) is 4.17. The zero-order valence-corrected chi connectivity index (χ0v) is 13.5. The van der Waals surface area contributed by atoms with E-state index in [1.807, 2.05) is 23.9 Å². The molecule has 1 fully saturated rings. The maximum atomic E-state index is 12.2. The number of hydrogen-bond acceptors (Lipinski definition) is 2. The van der Waals surface area contributed by atoms with Crippen LogP contribution < -0.4 is 5.32 Å². The fourth-order valence-electron chi connectivity index (χ4n) is 2.47. The summed E-state index contributed by atoms with van der Waals surface area (Å²) in [5.74, 6) is 0.00773. The fourth-order valence-corrected chi connectivity index (χ4v) is 2.99. The lowest BCUT2D eigenvalue weighted by atomic mass is 9.80. The molecule has 4 nitrogen and oxygen atoms in total. The molecular formula is C14H22BrN3O. The third-order valence-corrected chi connectivity index (χ3v) is 4.51. The molecule has 1 aliphatic rings. The minimum Gasteiger partial charge on any atom is -0.350 e. The van der Waals surface area contributed by atoms with Gasteiger partial charge >= 0.3 is 0 Å². The molecule has 0 atom stereocenters. The van der Waals surface area contributed by atoms with Crippen molar-refractivity contribution in [1.82, 2.24) is 14.8 Å². The normalized spacial score (nSPS) is 19.4. The number of halogens is 1. The van der Waals surface area contributed by atoms with Crippen molar-refractivity contribution in [2.75, 3.05) is 26.7 Å². The summed E-state index contributed by atoms with van der Waals surface area (Å²) in [5.41, 5.74) is 0.924. The van der Waals surface area contributed by atoms with E-state index in [0.717, 1.165) is 36.9 Å². The largest absolute Gasteiger partial charge is 0.350 e. The van der Waals surface area contributed by atoms with Gasteiger partial charge in [-0.3, -0.25) is 4.79 Å². The molecule has 106 valence electrons. The molecule has 0 aromatic carbocycles. The van der Waals surface area contributed by atoms with Gasteiger partial charge in [0.2, 0.25) is 0 Å². The number of amides is 1. The Morgan fingerprint density at radius 1 is 1.42 bits per heavy atom. The standard InChI is InChI=1S/C14H22BrN3O/c1-14(4-6-17(2)7-5-14)10-16-13(19)12-8-11(15)9-18(12)3/h8-9H,4-7,10H2,1-3H3,(H,16,19). The Bertz CT molecular complexity index is 461. The number of likely N-dealkylation sites (tertiary alicyclic amines) is 1. The van der Waals surface area contributed by atoms with Crippen LogP contribution in [0.25, 0.3) is 0 Å². The van der Waals surface area contributed by atoms with Crippen LogP contribution in [0.2, 0.25) is 0 Å². The van der Waals surface area contributed by atoms with Crippen LogP contribution >= 0.6 is 15.9 Å². The van der Waals surface area contributed by atoms with Gasteiger partial charge in [0, 0.05) is 24.3 Å². The van der Waals surface area contributed by atoms with E-state index in [-0.39, 0.29) is 11.3 Å². The van der Waals surface area contributed by atoms with E-state index in [4.69, 9.17) is 0 Å². The fraction of sp³-hybridized carbons (Fsp3) is 0.643. The monoisotopic (exact) mass is 327 g/mol. The van der Waals surface area contributed by atoms with Crippen molar-refractivity contribution in [2.24, 2.45) is 12.5 Å². The van der Waals surface area contributed by atoms with Gasteiger partial charge in [-0.15, -0.1) is 0 Å². The smallest absolute Gasteiger partial charge is 0.267 e. The van der Waals surface area contributed by atoms with Crippen LogP contribution in [0.3, 0.4) is 0 Å². The maximum Gasteiger partial charge on any atom is 0.267 e. The van der Waals surface area contributed by atoms with Crippen LogP contribution in [0.15, 0.2) is 16.7 Å². The van der Waals surface area contributed by atoms with E-state index in [1.54, 1.807) is 0 Å². The quantitative estimate of drug-likeness (QED) is 0.924. The van der Waals surface area contributed by atoms with Gasteiger partial charge in [-0.05, 0) is 60.4 Å². The lowest BCUT2D eigenvalue weighted by Crippen LogP contribution is -2.43. The molecule has 0 unspecified atom stereocenters. The Morgan fingerprint density at radius 3 is 2.58 bits per heavy atom. The molecule has 0 spiro atoms. The zero-order valence-electron chi connectivity index (χ0n) is 11.9. The Kier molecular flexibility index (Phi) is 4.36. The summed E-state index contributed by atoms with van der Waals surface area (Å²) in [7, 11) is 4.04. The molecular weight excluding hydrogens is 306 g/mol. The number of nitrogens with one attached hydrogen (secondary N) is 1. The SMILES string of the molecule is CN1CCC(C)(CNC(=O)c2cc(Br)cn2C)CC1. The van der Waals surface area contributed by atoms with Crippen molar-refractivity contribution in [3.8, 4) is 0 Å². The van der Waals surface area contributed by atoms with E-state index >= 15 is 0 Å². The number of carbonyl (C=O) groups is 1. The van der Waals surface area contributed by atoms with Gasteiger partial charge in [0.1, 0.15) is 5.69 Å². The molecule has 1 aromatic heterocycles. The number of aromatic nitrogens is 1. The average Bonchev–Trinajstić information content (AvgIpc) is 2.70. The van der Waals surface area contributed by atoms with Crippen LogP contribution in [0, 0.1) is 5.41 Å². The maximum absolute atomic E-state index is 12.2. The molecule has 0 saturated carbocycles. The lowest BCUT2D eigenvalue weighted by molar-refractivity contribution is 0.0884. The second-order valence-corrected chi connectivity index (χ2v) is 6.87. The van der Waals surface area contributed by atoms with Gasteiger partial charge in [0.15, 0.2) is 0 Å². The first-order valence-corrected chi connectivity index (χ1v) is 7.48. The Labute approximate surface area is 123 Å². The van der Waals surface area contributed by atoms with Crippen molar-refractivity contribution in [3.05, 3.63) is 22.4 Å². The van der Waals surface area contributed by atoms with E-state index in [2.05, 4.69) is 40.1 Å². The van der Waals surface area contributed by atoms with Crippen molar-refractivity contribution in [1.29, 1.82) is 0 Å². The number of carbonyl (C=O) groups excluding carboxylic acids is 1. The third-order valence-electron chi connectivity index (χ3n) is 4.07. The summed E-state index contributed by atoms with van der Waals surface area (Å²) in [5, 5.41) is 3.08. The topological polar surface area (TPSA) is 37.3 Å². The van der Waals surface area contributed by atoms with Crippen LogP contribution in [-0.4, -0.2) is 42.1 Å².